The van der Waals surface area contributed by atoms with Crippen LogP contribution in [0.1, 0.15) is 47.7 Å². The second-order valence-corrected chi connectivity index (χ2v) is 7.82. The largest absolute Gasteiger partial charge is 0.356 e. The number of hydrogen-bond donors (Lipinski definition) is 2. The van der Waals surface area contributed by atoms with E-state index in [1.54, 1.807) is 11.3 Å². The minimum Gasteiger partial charge on any atom is -0.356 e. The minimum absolute atomic E-state index is 0. The number of guanidine groups is 1. The maximum absolute atomic E-state index is 4.58. The molecule has 2 rings (SSSR count). The van der Waals surface area contributed by atoms with Gasteiger partial charge >= 0.3 is 0 Å². The maximum Gasteiger partial charge on any atom is 0.190 e. The number of thiazole rings is 1. The monoisotopic (exact) mass is 479 g/mol. The molecule has 0 saturated carbocycles. The van der Waals surface area contributed by atoms with E-state index in [0.717, 1.165) is 31.2 Å². The number of rotatable bonds is 7. The molecule has 0 unspecified atom stereocenters. The summed E-state index contributed by atoms with van der Waals surface area (Å²) in [6.45, 7) is 9.81. The average Bonchev–Trinajstić information content (AvgIpc) is 2.78. The predicted octanol–water partition coefficient (Wildman–Crippen LogP) is 3.35. The van der Waals surface area contributed by atoms with Crippen LogP contribution in [0.2, 0.25) is 0 Å². The third-order valence-electron chi connectivity index (χ3n) is 4.57. The molecule has 1 saturated heterocycles. The smallest absolute Gasteiger partial charge is 0.190 e. The minimum atomic E-state index is 0. The molecular formula is C18H34IN5S. The number of nitrogens with one attached hydrogen (secondary N) is 2. The van der Waals surface area contributed by atoms with Crippen molar-refractivity contribution in [3.63, 3.8) is 0 Å². The van der Waals surface area contributed by atoms with Gasteiger partial charge in [0.1, 0.15) is 0 Å². The summed E-state index contributed by atoms with van der Waals surface area (Å²) in [6.07, 6.45) is 7.67. The number of aromatic nitrogens is 1. The van der Waals surface area contributed by atoms with E-state index in [4.69, 9.17) is 0 Å². The predicted molar refractivity (Wildman–Crippen MR) is 120 cm³/mol. The van der Waals surface area contributed by atoms with Crippen LogP contribution in [-0.4, -0.2) is 55.6 Å². The van der Waals surface area contributed by atoms with Gasteiger partial charge in [0, 0.05) is 31.4 Å². The Hall–Kier alpha value is -0.410. The topological polar surface area (TPSA) is 52.6 Å². The lowest BCUT2D eigenvalue weighted by Gasteiger charge is -2.20. The van der Waals surface area contributed by atoms with Crippen LogP contribution in [0.4, 0.5) is 0 Å². The van der Waals surface area contributed by atoms with Crippen LogP contribution >= 0.6 is 35.3 Å². The van der Waals surface area contributed by atoms with Crippen molar-refractivity contribution in [1.82, 2.24) is 20.5 Å². The van der Waals surface area contributed by atoms with Gasteiger partial charge in [-0.3, -0.25) is 4.99 Å². The molecule has 144 valence electrons. The normalized spacial score (nSPS) is 16.2. The molecular weight excluding hydrogens is 445 g/mol. The van der Waals surface area contributed by atoms with Crippen molar-refractivity contribution in [2.45, 2.75) is 52.4 Å². The summed E-state index contributed by atoms with van der Waals surface area (Å²) in [4.78, 5) is 12.8. The molecule has 2 heterocycles. The fourth-order valence-electron chi connectivity index (χ4n) is 3.02. The van der Waals surface area contributed by atoms with Crippen LogP contribution in [0.3, 0.4) is 0 Å². The van der Waals surface area contributed by atoms with Gasteiger partial charge in [-0.2, -0.15) is 0 Å². The lowest BCUT2D eigenvalue weighted by Crippen LogP contribution is -2.39. The molecule has 2 N–H and O–H groups in total. The van der Waals surface area contributed by atoms with E-state index >= 15 is 0 Å². The second-order valence-electron chi connectivity index (χ2n) is 6.53. The zero-order valence-corrected chi connectivity index (χ0v) is 19.1. The Morgan fingerprint density at radius 1 is 1.12 bits per heavy atom. The highest BCUT2D eigenvalue weighted by atomic mass is 127. The number of aryl methyl sites for hydroxylation is 2. The van der Waals surface area contributed by atoms with E-state index in [-0.39, 0.29) is 24.0 Å². The van der Waals surface area contributed by atoms with E-state index in [1.807, 2.05) is 7.05 Å². The Kier molecular flexibility index (Phi) is 11.6. The van der Waals surface area contributed by atoms with E-state index in [0.29, 0.717) is 0 Å². The molecule has 1 fully saturated rings. The molecule has 0 amide bonds. The Morgan fingerprint density at radius 2 is 1.80 bits per heavy atom. The molecule has 1 aromatic heterocycles. The summed E-state index contributed by atoms with van der Waals surface area (Å²) >= 11 is 1.80. The van der Waals surface area contributed by atoms with Crippen LogP contribution in [0.25, 0.3) is 0 Å². The highest BCUT2D eigenvalue weighted by molar-refractivity contribution is 14.0. The standard InChI is InChI=1S/C18H33N5S.HI/c1-15-16(2)24-17(22-15)9-11-21-18(19-3)20-10-8-14-23-12-6-4-5-7-13-23;/h4-14H2,1-3H3,(H2,19,20,21);1H. The number of hydrogen-bond acceptors (Lipinski definition) is 4. The van der Waals surface area contributed by atoms with Gasteiger partial charge in [-0.1, -0.05) is 12.8 Å². The van der Waals surface area contributed by atoms with Crippen molar-refractivity contribution < 1.29 is 0 Å². The first-order chi connectivity index (χ1) is 11.7. The second kappa shape index (κ2) is 12.9. The van der Waals surface area contributed by atoms with Gasteiger partial charge in [0.15, 0.2) is 5.96 Å². The van der Waals surface area contributed by atoms with Gasteiger partial charge in [-0.15, -0.1) is 35.3 Å². The van der Waals surface area contributed by atoms with E-state index < -0.39 is 0 Å². The van der Waals surface area contributed by atoms with Gasteiger partial charge in [0.25, 0.3) is 0 Å². The molecule has 0 bridgehead atoms. The fraction of sp³-hybridized carbons (Fsp3) is 0.778. The number of halogens is 1. The summed E-state index contributed by atoms with van der Waals surface area (Å²) in [5, 5.41) is 8.01. The average molecular weight is 479 g/mol. The summed E-state index contributed by atoms with van der Waals surface area (Å²) in [7, 11) is 1.84. The molecule has 0 aliphatic carbocycles. The van der Waals surface area contributed by atoms with Gasteiger partial charge in [-0.25, -0.2) is 4.98 Å². The highest BCUT2D eigenvalue weighted by Gasteiger charge is 2.08. The fourth-order valence-corrected chi connectivity index (χ4v) is 3.96. The van der Waals surface area contributed by atoms with Crippen molar-refractivity contribution in [2.75, 3.05) is 39.8 Å². The number of likely N-dealkylation sites (tertiary alicyclic amines) is 1. The Morgan fingerprint density at radius 3 is 2.40 bits per heavy atom. The first kappa shape index (κ1) is 22.6. The molecule has 0 radical (unpaired) electrons. The number of nitrogens with zero attached hydrogens (tertiary/aromatic N) is 3. The molecule has 7 heteroatoms. The molecule has 25 heavy (non-hydrogen) atoms. The molecule has 5 nitrogen and oxygen atoms in total. The van der Waals surface area contributed by atoms with E-state index in [1.165, 1.54) is 61.6 Å². The van der Waals surface area contributed by atoms with Crippen molar-refractivity contribution in [3.8, 4) is 0 Å². The quantitative estimate of drug-likeness (QED) is 0.273. The molecule has 1 aliphatic heterocycles. The molecule has 0 spiro atoms. The van der Waals surface area contributed by atoms with Gasteiger partial charge in [0.05, 0.1) is 10.7 Å². The molecule has 1 aromatic rings. The van der Waals surface area contributed by atoms with Gasteiger partial charge in [-0.05, 0) is 52.7 Å². The Labute approximate surface area is 174 Å². The molecule has 0 atom stereocenters. The van der Waals surface area contributed by atoms with Crippen molar-refractivity contribution in [3.05, 3.63) is 15.6 Å². The summed E-state index contributed by atoms with van der Waals surface area (Å²) in [5.41, 5.74) is 1.16. The van der Waals surface area contributed by atoms with Crippen LogP contribution < -0.4 is 10.6 Å². The lowest BCUT2D eigenvalue weighted by atomic mass is 10.2. The third-order valence-corrected chi connectivity index (χ3v) is 5.70. The zero-order valence-electron chi connectivity index (χ0n) is 15.9. The Balaban J connectivity index is 0.00000312. The lowest BCUT2D eigenvalue weighted by molar-refractivity contribution is 0.282. The Bertz CT molecular complexity index is 490. The van der Waals surface area contributed by atoms with Gasteiger partial charge < -0.3 is 15.5 Å². The number of aliphatic imine (C=N–C) groups is 1. The molecule has 0 aromatic carbocycles. The first-order valence-electron chi connectivity index (χ1n) is 9.29. The van der Waals surface area contributed by atoms with Crippen molar-refractivity contribution in [2.24, 2.45) is 4.99 Å². The third kappa shape index (κ3) is 8.68. The summed E-state index contributed by atoms with van der Waals surface area (Å²) in [6, 6.07) is 0. The highest BCUT2D eigenvalue weighted by Crippen LogP contribution is 2.16. The first-order valence-corrected chi connectivity index (χ1v) is 10.1. The van der Waals surface area contributed by atoms with Crippen LogP contribution in [-0.2, 0) is 6.42 Å². The summed E-state index contributed by atoms with van der Waals surface area (Å²) < 4.78 is 0. The van der Waals surface area contributed by atoms with Crippen LogP contribution in [0.5, 0.6) is 0 Å². The van der Waals surface area contributed by atoms with Crippen molar-refractivity contribution in [1.29, 1.82) is 0 Å². The van der Waals surface area contributed by atoms with E-state index in [9.17, 15) is 0 Å². The van der Waals surface area contributed by atoms with Crippen molar-refractivity contribution >= 4 is 41.3 Å². The van der Waals surface area contributed by atoms with Crippen LogP contribution in [0.15, 0.2) is 4.99 Å². The van der Waals surface area contributed by atoms with Crippen LogP contribution in [0, 0.1) is 13.8 Å². The molecule has 1 aliphatic rings. The van der Waals surface area contributed by atoms with Gasteiger partial charge in [0.2, 0.25) is 0 Å². The maximum atomic E-state index is 4.58. The zero-order chi connectivity index (χ0) is 17.2. The SMILES string of the molecule is CN=C(NCCCN1CCCCCC1)NCCc1nc(C)c(C)s1.I. The summed E-state index contributed by atoms with van der Waals surface area (Å²) in [5.74, 6) is 0.899. The van der Waals surface area contributed by atoms with E-state index in [2.05, 4.69) is 39.4 Å².